The van der Waals surface area contributed by atoms with Crippen LogP contribution in [0.25, 0.3) is 11.3 Å². The topological polar surface area (TPSA) is 76.4 Å². The summed E-state index contributed by atoms with van der Waals surface area (Å²) in [4.78, 5) is 26.7. The van der Waals surface area contributed by atoms with Crippen molar-refractivity contribution in [2.75, 3.05) is 37.7 Å². The van der Waals surface area contributed by atoms with E-state index in [9.17, 15) is 4.79 Å². The van der Waals surface area contributed by atoms with Gasteiger partial charge in [0.25, 0.3) is 0 Å². The van der Waals surface area contributed by atoms with Gasteiger partial charge in [-0.15, -0.1) is 0 Å². The number of piperidine rings is 1. The number of nitrogens with zero attached hydrogens (tertiary/aromatic N) is 6. The molecule has 8 nitrogen and oxygen atoms in total. The predicted octanol–water partition coefficient (Wildman–Crippen LogP) is 3.14. The Morgan fingerprint density at radius 3 is 2.81 bits per heavy atom. The number of anilines is 1. The Labute approximate surface area is 190 Å². The van der Waals surface area contributed by atoms with E-state index in [0.717, 1.165) is 87.8 Å². The molecular formula is C24H34N6O2. The summed E-state index contributed by atoms with van der Waals surface area (Å²) in [6.07, 6.45) is 12.2. The van der Waals surface area contributed by atoms with Crippen LogP contribution in [-0.4, -0.2) is 69.4 Å². The van der Waals surface area contributed by atoms with Gasteiger partial charge in [-0.05, 0) is 51.0 Å². The zero-order valence-electron chi connectivity index (χ0n) is 19.1. The lowest BCUT2D eigenvalue weighted by molar-refractivity contribution is -0.136. The van der Waals surface area contributed by atoms with Crippen molar-refractivity contribution in [2.24, 2.45) is 7.05 Å². The number of hydrogen-bond acceptors (Lipinski definition) is 6. The molecule has 0 radical (unpaired) electrons. The first-order valence-corrected chi connectivity index (χ1v) is 12.2. The lowest BCUT2D eigenvalue weighted by atomic mass is 9.91. The maximum Gasteiger partial charge on any atom is 0.225 e. The van der Waals surface area contributed by atoms with Crippen molar-refractivity contribution in [2.45, 2.75) is 63.4 Å². The van der Waals surface area contributed by atoms with Gasteiger partial charge in [0, 0.05) is 63.7 Å². The highest BCUT2D eigenvalue weighted by Crippen LogP contribution is 2.34. The molecule has 0 N–H and O–H groups in total. The Morgan fingerprint density at radius 2 is 2.00 bits per heavy atom. The maximum absolute atomic E-state index is 13.0. The molecule has 0 saturated carbocycles. The van der Waals surface area contributed by atoms with Gasteiger partial charge in [0.2, 0.25) is 11.9 Å². The lowest BCUT2D eigenvalue weighted by Crippen LogP contribution is -2.41. The highest BCUT2D eigenvalue weighted by atomic mass is 16.5. The highest BCUT2D eigenvalue weighted by molar-refractivity contribution is 5.77. The van der Waals surface area contributed by atoms with Crippen LogP contribution in [0.5, 0.6) is 0 Å². The van der Waals surface area contributed by atoms with Gasteiger partial charge in [0.05, 0.1) is 23.9 Å². The van der Waals surface area contributed by atoms with Crippen molar-refractivity contribution < 1.29 is 9.53 Å². The van der Waals surface area contributed by atoms with Crippen molar-refractivity contribution in [3.8, 4) is 11.3 Å². The van der Waals surface area contributed by atoms with Gasteiger partial charge in [0.15, 0.2) is 0 Å². The first-order chi connectivity index (χ1) is 15.7. The molecular weight excluding hydrogens is 404 g/mol. The monoisotopic (exact) mass is 438 g/mol. The minimum Gasteiger partial charge on any atom is -0.378 e. The number of rotatable bonds is 5. The quantitative estimate of drug-likeness (QED) is 0.714. The number of aryl methyl sites for hydroxylation is 1. The average molecular weight is 439 g/mol. The number of carbonyl (C=O) groups excluding carboxylic acids is 1. The van der Waals surface area contributed by atoms with Crippen LogP contribution in [0.1, 0.15) is 63.0 Å². The first kappa shape index (κ1) is 21.4. The van der Waals surface area contributed by atoms with Gasteiger partial charge in [-0.3, -0.25) is 9.48 Å². The number of carbonyl (C=O) groups is 1. The molecule has 2 atom stereocenters. The van der Waals surface area contributed by atoms with E-state index in [1.807, 2.05) is 28.9 Å². The number of ether oxygens (including phenoxy) is 1. The Hall–Kier alpha value is -2.48. The van der Waals surface area contributed by atoms with Crippen molar-refractivity contribution in [1.29, 1.82) is 0 Å². The normalized spacial score (nSPS) is 24.2. The van der Waals surface area contributed by atoms with Gasteiger partial charge in [-0.1, -0.05) is 0 Å². The molecule has 0 aliphatic carbocycles. The second kappa shape index (κ2) is 9.57. The van der Waals surface area contributed by atoms with Crippen LogP contribution < -0.4 is 4.90 Å². The number of aromatic nitrogens is 4. The minimum absolute atomic E-state index is 0.0899. The lowest BCUT2D eigenvalue weighted by Gasteiger charge is -2.34. The van der Waals surface area contributed by atoms with E-state index in [0.29, 0.717) is 6.42 Å². The van der Waals surface area contributed by atoms with Crippen molar-refractivity contribution >= 4 is 11.9 Å². The molecule has 3 aliphatic heterocycles. The third kappa shape index (κ3) is 4.65. The van der Waals surface area contributed by atoms with Crippen LogP contribution >= 0.6 is 0 Å². The summed E-state index contributed by atoms with van der Waals surface area (Å²) < 4.78 is 7.68. The van der Waals surface area contributed by atoms with Gasteiger partial charge < -0.3 is 14.5 Å². The maximum atomic E-state index is 13.0. The second-order valence-corrected chi connectivity index (χ2v) is 9.41. The summed E-state index contributed by atoms with van der Waals surface area (Å²) in [6.45, 7) is 4.38. The third-order valence-electron chi connectivity index (χ3n) is 7.00. The summed E-state index contributed by atoms with van der Waals surface area (Å²) in [7, 11) is 1.96. The van der Waals surface area contributed by atoms with E-state index in [1.165, 1.54) is 12.8 Å². The van der Waals surface area contributed by atoms with Crippen LogP contribution in [-0.2, 0) is 16.6 Å². The van der Waals surface area contributed by atoms with Crippen LogP contribution in [0, 0.1) is 0 Å². The molecule has 172 valence electrons. The fraction of sp³-hybridized carbons (Fsp3) is 0.667. The molecule has 1 amide bonds. The van der Waals surface area contributed by atoms with E-state index in [1.54, 1.807) is 0 Å². The fourth-order valence-corrected chi connectivity index (χ4v) is 5.29. The number of likely N-dealkylation sites (tertiary alicyclic amines) is 1. The van der Waals surface area contributed by atoms with E-state index in [4.69, 9.17) is 14.8 Å². The molecule has 5 rings (SSSR count). The number of hydrogen-bond donors (Lipinski definition) is 0. The van der Waals surface area contributed by atoms with Crippen LogP contribution in [0.2, 0.25) is 0 Å². The summed E-state index contributed by atoms with van der Waals surface area (Å²) in [5, 5.41) is 4.83. The summed E-state index contributed by atoms with van der Waals surface area (Å²) in [6, 6.07) is 1.98. The molecule has 2 aromatic heterocycles. The third-order valence-corrected chi connectivity index (χ3v) is 7.00. The fourth-order valence-electron chi connectivity index (χ4n) is 5.29. The Balaban J connectivity index is 1.33. The molecule has 32 heavy (non-hydrogen) atoms. The second-order valence-electron chi connectivity index (χ2n) is 9.41. The van der Waals surface area contributed by atoms with Crippen LogP contribution in [0.15, 0.2) is 18.5 Å². The minimum atomic E-state index is 0.0899. The molecule has 0 spiro atoms. The molecule has 2 aromatic rings. The van der Waals surface area contributed by atoms with Gasteiger partial charge in [-0.2, -0.15) is 5.10 Å². The molecule has 3 saturated heterocycles. The average Bonchev–Trinajstić information content (AvgIpc) is 3.50. The van der Waals surface area contributed by atoms with E-state index in [2.05, 4.69) is 16.1 Å². The van der Waals surface area contributed by atoms with E-state index < -0.39 is 0 Å². The van der Waals surface area contributed by atoms with Crippen LogP contribution in [0.4, 0.5) is 5.95 Å². The van der Waals surface area contributed by atoms with Crippen molar-refractivity contribution in [3.63, 3.8) is 0 Å². The molecule has 5 heterocycles. The Bertz CT molecular complexity index is 932. The summed E-state index contributed by atoms with van der Waals surface area (Å²) in [5.74, 6) is 1.25. The van der Waals surface area contributed by atoms with Gasteiger partial charge >= 0.3 is 0 Å². The SMILES string of the molecule is Cn1cc(-c2ccnc(N3CCCC3)n2)c([C@H]2CCCN(C(=O)C[C@@H]3CCCCO3)C2)n1. The van der Waals surface area contributed by atoms with Gasteiger partial charge in [-0.25, -0.2) is 9.97 Å². The Kier molecular flexibility index (Phi) is 6.39. The van der Waals surface area contributed by atoms with Crippen LogP contribution in [0.3, 0.4) is 0 Å². The van der Waals surface area contributed by atoms with E-state index >= 15 is 0 Å². The Morgan fingerprint density at radius 1 is 1.12 bits per heavy atom. The van der Waals surface area contributed by atoms with Crippen molar-refractivity contribution in [3.05, 3.63) is 24.2 Å². The zero-order valence-corrected chi connectivity index (χ0v) is 19.1. The van der Waals surface area contributed by atoms with E-state index in [-0.39, 0.29) is 17.9 Å². The molecule has 0 unspecified atom stereocenters. The van der Waals surface area contributed by atoms with Gasteiger partial charge in [0.1, 0.15) is 0 Å². The molecule has 8 heteroatoms. The molecule has 3 fully saturated rings. The molecule has 0 aromatic carbocycles. The highest BCUT2D eigenvalue weighted by Gasteiger charge is 2.30. The predicted molar refractivity (Wildman–Crippen MR) is 122 cm³/mol. The molecule has 0 bridgehead atoms. The summed E-state index contributed by atoms with van der Waals surface area (Å²) >= 11 is 0. The molecule has 3 aliphatic rings. The zero-order chi connectivity index (χ0) is 21.9. The summed E-state index contributed by atoms with van der Waals surface area (Å²) in [5.41, 5.74) is 3.03. The smallest absolute Gasteiger partial charge is 0.225 e. The van der Waals surface area contributed by atoms with Crippen molar-refractivity contribution in [1.82, 2.24) is 24.6 Å². The standard InChI is InChI=1S/C24H34N6O2/c1-28-17-20(21-9-10-25-24(26-21)29-11-3-4-12-29)23(27-28)18-7-6-13-30(16-18)22(31)15-19-8-2-5-14-32-19/h9-10,17-19H,2-8,11-16H2,1H3/t18-,19-/m0/s1. The largest absolute Gasteiger partial charge is 0.378 e. The first-order valence-electron chi connectivity index (χ1n) is 12.2. The number of amides is 1.